The second-order valence-corrected chi connectivity index (χ2v) is 6.62. The molecule has 1 atom stereocenters. The number of hydrogen-bond donors (Lipinski definition) is 0. The van der Waals surface area contributed by atoms with Crippen LogP contribution < -0.4 is 0 Å². The fourth-order valence-electron chi connectivity index (χ4n) is 3.33. The Morgan fingerprint density at radius 2 is 2.15 bits per heavy atom. The first-order valence-electron chi connectivity index (χ1n) is 8.45. The van der Waals surface area contributed by atoms with E-state index in [-0.39, 0.29) is 11.9 Å². The standard InChI is InChI=1S/C18H19N7O/c1-22-8-14(7-20-22)13-3-4-17-21-16(11-25(17)9-13)18(26)23(2)15-5-6-24(10-15)12-19/h3-4,7-9,11,15H,5-6,10H2,1-2H3/t15-/m1/s1. The van der Waals surface area contributed by atoms with Gasteiger partial charge in [0.15, 0.2) is 6.19 Å². The van der Waals surface area contributed by atoms with E-state index in [0.29, 0.717) is 18.8 Å². The van der Waals surface area contributed by atoms with Crippen LogP contribution in [0.1, 0.15) is 16.9 Å². The number of likely N-dealkylation sites (tertiary alicyclic amines) is 1. The Hall–Kier alpha value is -3.34. The average molecular weight is 349 g/mol. The largest absolute Gasteiger partial charge is 0.335 e. The van der Waals surface area contributed by atoms with Crippen molar-refractivity contribution in [2.24, 2.45) is 7.05 Å². The summed E-state index contributed by atoms with van der Waals surface area (Å²) >= 11 is 0. The molecule has 3 aromatic rings. The number of hydrogen-bond acceptors (Lipinski definition) is 5. The van der Waals surface area contributed by atoms with Gasteiger partial charge < -0.3 is 14.2 Å². The van der Waals surface area contributed by atoms with Gasteiger partial charge >= 0.3 is 0 Å². The molecule has 132 valence electrons. The molecule has 4 heterocycles. The third-order valence-electron chi connectivity index (χ3n) is 4.88. The van der Waals surface area contributed by atoms with Crippen LogP contribution in [-0.2, 0) is 7.05 Å². The van der Waals surface area contributed by atoms with E-state index in [2.05, 4.69) is 16.3 Å². The molecule has 1 saturated heterocycles. The summed E-state index contributed by atoms with van der Waals surface area (Å²) in [7, 11) is 3.65. The van der Waals surface area contributed by atoms with Gasteiger partial charge in [0.25, 0.3) is 5.91 Å². The van der Waals surface area contributed by atoms with Gasteiger partial charge in [0.1, 0.15) is 11.3 Å². The maximum absolute atomic E-state index is 12.8. The number of nitrogens with zero attached hydrogens (tertiary/aromatic N) is 7. The zero-order valence-corrected chi connectivity index (χ0v) is 14.7. The first-order chi connectivity index (χ1) is 12.5. The summed E-state index contributed by atoms with van der Waals surface area (Å²) < 4.78 is 3.61. The van der Waals surface area contributed by atoms with Crippen molar-refractivity contribution in [3.05, 3.63) is 42.6 Å². The monoisotopic (exact) mass is 349 g/mol. The van der Waals surface area contributed by atoms with Gasteiger partial charge in [0.2, 0.25) is 0 Å². The lowest BCUT2D eigenvalue weighted by atomic mass is 10.2. The van der Waals surface area contributed by atoms with Gasteiger partial charge in [0, 0.05) is 56.9 Å². The first kappa shape index (κ1) is 16.1. The zero-order valence-electron chi connectivity index (χ0n) is 14.7. The zero-order chi connectivity index (χ0) is 18.3. The van der Waals surface area contributed by atoms with Crippen LogP contribution >= 0.6 is 0 Å². The van der Waals surface area contributed by atoms with Crippen LogP contribution in [0.3, 0.4) is 0 Å². The van der Waals surface area contributed by atoms with Gasteiger partial charge in [-0.25, -0.2) is 4.98 Å². The van der Waals surface area contributed by atoms with Crippen molar-refractivity contribution in [3.63, 3.8) is 0 Å². The van der Waals surface area contributed by atoms with Crippen molar-refractivity contribution in [1.29, 1.82) is 5.26 Å². The maximum Gasteiger partial charge on any atom is 0.274 e. The molecule has 0 N–H and O–H groups in total. The molecule has 0 bridgehead atoms. The minimum Gasteiger partial charge on any atom is -0.335 e. The predicted octanol–water partition coefficient (Wildman–Crippen LogP) is 1.36. The number of aromatic nitrogens is 4. The van der Waals surface area contributed by atoms with E-state index < -0.39 is 0 Å². The number of fused-ring (bicyclic) bond motifs is 1. The molecular weight excluding hydrogens is 330 g/mol. The SMILES string of the molecule is CN(C(=O)c1cn2cc(-c3cnn(C)c3)ccc2n1)[C@@H]1CCN(C#N)C1. The number of pyridine rings is 1. The molecule has 1 fully saturated rings. The van der Waals surface area contributed by atoms with Crippen molar-refractivity contribution < 1.29 is 4.79 Å². The molecule has 1 aliphatic heterocycles. The van der Waals surface area contributed by atoms with Crippen LogP contribution in [0.15, 0.2) is 36.9 Å². The molecule has 0 spiro atoms. The number of rotatable bonds is 3. The summed E-state index contributed by atoms with van der Waals surface area (Å²) in [4.78, 5) is 20.6. The molecule has 0 saturated carbocycles. The summed E-state index contributed by atoms with van der Waals surface area (Å²) in [6.07, 6.45) is 10.4. The number of carbonyl (C=O) groups is 1. The second kappa shape index (κ2) is 6.19. The Morgan fingerprint density at radius 1 is 1.31 bits per heavy atom. The molecule has 4 rings (SSSR count). The van der Waals surface area contributed by atoms with Gasteiger partial charge in [0.05, 0.1) is 12.2 Å². The van der Waals surface area contributed by atoms with E-state index in [1.165, 1.54) is 0 Å². The number of imidazole rings is 1. The highest BCUT2D eigenvalue weighted by Gasteiger charge is 2.29. The number of nitriles is 1. The van der Waals surface area contributed by atoms with Gasteiger partial charge in [-0.3, -0.25) is 9.48 Å². The summed E-state index contributed by atoms with van der Waals surface area (Å²) in [5.41, 5.74) is 3.15. The molecule has 26 heavy (non-hydrogen) atoms. The molecule has 1 aliphatic rings. The van der Waals surface area contributed by atoms with Gasteiger partial charge in [-0.1, -0.05) is 0 Å². The topological polar surface area (TPSA) is 82.5 Å². The van der Waals surface area contributed by atoms with Crippen LogP contribution in [-0.4, -0.2) is 61.1 Å². The van der Waals surface area contributed by atoms with Crippen LogP contribution in [0.4, 0.5) is 0 Å². The highest BCUT2D eigenvalue weighted by Crippen LogP contribution is 2.20. The van der Waals surface area contributed by atoms with Gasteiger partial charge in [-0.05, 0) is 18.6 Å². The number of aryl methyl sites for hydroxylation is 1. The molecule has 0 aromatic carbocycles. The van der Waals surface area contributed by atoms with Gasteiger partial charge in [-0.2, -0.15) is 10.4 Å². The quantitative estimate of drug-likeness (QED) is 0.667. The Kier molecular flexibility index (Phi) is 3.84. The molecule has 1 amide bonds. The van der Waals surface area contributed by atoms with E-state index in [1.807, 2.05) is 36.0 Å². The summed E-state index contributed by atoms with van der Waals surface area (Å²) in [5, 5.41) is 13.2. The molecular formula is C18H19N7O. The highest BCUT2D eigenvalue weighted by atomic mass is 16.2. The van der Waals surface area contributed by atoms with Crippen molar-refractivity contribution in [2.45, 2.75) is 12.5 Å². The summed E-state index contributed by atoms with van der Waals surface area (Å²) in [5.74, 6) is -0.124. The minimum atomic E-state index is -0.124. The van der Waals surface area contributed by atoms with Crippen molar-refractivity contribution in [1.82, 2.24) is 29.0 Å². The highest BCUT2D eigenvalue weighted by molar-refractivity contribution is 5.93. The first-order valence-corrected chi connectivity index (χ1v) is 8.45. The number of amides is 1. The van der Waals surface area contributed by atoms with E-state index in [0.717, 1.165) is 23.2 Å². The normalized spacial score (nSPS) is 16.8. The van der Waals surface area contributed by atoms with Crippen LogP contribution in [0.25, 0.3) is 16.8 Å². The molecule has 3 aromatic heterocycles. The molecule has 0 unspecified atom stereocenters. The lowest BCUT2D eigenvalue weighted by Gasteiger charge is -2.22. The smallest absolute Gasteiger partial charge is 0.274 e. The second-order valence-electron chi connectivity index (χ2n) is 6.62. The minimum absolute atomic E-state index is 0.0397. The van der Waals surface area contributed by atoms with E-state index in [4.69, 9.17) is 5.26 Å². The number of likely N-dealkylation sites (N-methyl/N-ethyl adjacent to an activating group) is 1. The average Bonchev–Trinajstić information content (AvgIpc) is 3.38. The van der Waals surface area contributed by atoms with Gasteiger partial charge in [-0.15, -0.1) is 0 Å². The fraction of sp³-hybridized carbons (Fsp3) is 0.333. The molecule has 8 heteroatoms. The Morgan fingerprint density at radius 3 is 2.85 bits per heavy atom. The lowest BCUT2D eigenvalue weighted by molar-refractivity contribution is 0.0734. The van der Waals surface area contributed by atoms with Crippen LogP contribution in [0, 0.1) is 11.5 Å². The lowest BCUT2D eigenvalue weighted by Crippen LogP contribution is -2.38. The molecule has 0 radical (unpaired) electrons. The van der Waals surface area contributed by atoms with Crippen molar-refractivity contribution in [3.8, 4) is 17.3 Å². The number of carbonyl (C=O) groups excluding carboxylic acids is 1. The fourth-order valence-corrected chi connectivity index (χ4v) is 3.33. The van der Waals surface area contributed by atoms with Crippen molar-refractivity contribution >= 4 is 11.6 Å². The third-order valence-corrected chi connectivity index (χ3v) is 4.88. The third kappa shape index (κ3) is 2.77. The Balaban J connectivity index is 1.59. The van der Waals surface area contributed by atoms with Crippen molar-refractivity contribution in [2.75, 3.05) is 20.1 Å². The van der Waals surface area contributed by atoms with E-state index in [1.54, 1.807) is 33.9 Å². The van der Waals surface area contributed by atoms with E-state index >= 15 is 0 Å². The van der Waals surface area contributed by atoms with Crippen LogP contribution in [0.2, 0.25) is 0 Å². The molecule has 8 nitrogen and oxygen atoms in total. The Bertz CT molecular complexity index is 1010. The van der Waals surface area contributed by atoms with E-state index in [9.17, 15) is 4.79 Å². The Labute approximate surface area is 150 Å². The van der Waals surface area contributed by atoms with Crippen LogP contribution in [0.5, 0.6) is 0 Å². The predicted molar refractivity (Wildman–Crippen MR) is 95.1 cm³/mol. The maximum atomic E-state index is 12.8. The molecule has 0 aliphatic carbocycles. The summed E-state index contributed by atoms with van der Waals surface area (Å²) in [6.45, 7) is 1.27. The summed E-state index contributed by atoms with van der Waals surface area (Å²) in [6, 6.07) is 3.91.